The summed E-state index contributed by atoms with van der Waals surface area (Å²) in [5.41, 5.74) is 1.19. The van der Waals surface area contributed by atoms with Gasteiger partial charge in [-0.25, -0.2) is 0 Å². The molecule has 1 N–H and O–H groups in total. The van der Waals surface area contributed by atoms with E-state index in [9.17, 15) is 14.4 Å². The minimum absolute atomic E-state index is 0.0156. The second-order valence-electron chi connectivity index (χ2n) is 7.84. The number of nitrogens with one attached hydrogen (secondary N) is 1. The number of hydrogen-bond acceptors (Lipinski definition) is 6. The Morgan fingerprint density at radius 1 is 0.943 bits per heavy atom. The predicted molar refractivity (Wildman–Crippen MR) is 131 cm³/mol. The topological polar surface area (TPSA) is 94.2 Å². The number of ether oxygens (including phenoxy) is 3. The van der Waals surface area contributed by atoms with Crippen molar-refractivity contribution in [2.24, 2.45) is 5.92 Å². The SMILES string of the molecule is COc1ccc(Oc2ccc(N3C[C@H](C(=O)OCC(=O)Nc4ccc(Cl)cc4)CC3=O)cc2)cc1. The van der Waals surface area contributed by atoms with Crippen LogP contribution in [0.1, 0.15) is 6.42 Å². The minimum Gasteiger partial charge on any atom is -0.497 e. The number of rotatable bonds is 8. The molecule has 3 aromatic rings. The van der Waals surface area contributed by atoms with Crippen LogP contribution in [0.25, 0.3) is 0 Å². The number of hydrogen-bond donors (Lipinski definition) is 1. The van der Waals surface area contributed by atoms with Crippen LogP contribution in [0.5, 0.6) is 17.2 Å². The van der Waals surface area contributed by atoms with Gasteiger partial charge in [0.25, 0.3) is 5.91 Å². The van der Waals surface area contributed by atoms with E-state index in [1.54, 1.807) is 79.9 Å². The first kappa shape index (κ1) is 24.1. The highest BCUT2D eigenvalue weighted by molar-refractivity contribution is 6.30. The molecule has 1 atom stereocenters. The average molecular weight is 495 g/mol. The summed E-state index contributed by atoms with van der Waals surface area (Å²) < 4.78 is 16.1. The van der Waals surface area contributed by atoms with Gasteiger partial charge in [-0.05, 0) is 72.8 Å². The summed E-state index contributed by atoms with van der Waals surface area (Å²) in [6, 6.07) is 20.8. The van der Waals surface area contributed by atoms with Crippen molar-refractivity contribution in [3.8, 4) is 17.2 Å². The van der Waals surface area contributed by atoms with Crippen molar-refractivity contribution in [1.82, 2.24) is 0 Å². The van der Waals surface area contributed by atoms with Gasteiger partial charge in [-0.3, -0.25) is 14.4 Å². The smallest absolute Gasteiger partial charge is 0.311 e. The summed E-state index contributed by atoms with van der Waals surface area (Å²) in [6.45, 7) is -0.265. The number of amides is 2. The normalized spacial score (nSPS) is 15.0. The van der Waals surface area contributed by atoms with Crippen molar-refractivity contribution in [1.29, 1.82) is 0 Å². The maximum Gasteiger partial charge on any atom is 0.311 e. The average Bonchev–Trinajstić information content (AvgIpc) is 3.26. The fourth-order valence-electron chi connectivity index (χ4n) is 3.57. The maximum atomic E-state index is 12.5. The lowest BCUT2D eigenvalue weighted by Gasteiger charge is -2.17. The molecule has 8 nitrogen and oxygen atoms in total. The molecule has 1 heterocycles. The Hall–Kier alpha value is -4.04. The molecule has 2 amide bonds. The van der Waals surface area contributed by atoms with Gasteiger partial charge in [0.15, 0.2) is 6.61 Å². The van der Waals surface area contributed by atoms with Gasteiger partial charge in [-0.1, -0.05) is 11.6 Å². The van der Waals surface area contributed by atoms with Crippen LogP contribution in [-0.4, -0.2) is 38.0 Å². The number of methoxy groups -OCH3 is 1. The van der Waals surface area contributed by atoms with Gasteiger partial charge in [0.05, 0.1) is 13.0 Å². The van der Waals surface area contributed by atoms with E-state index < -0.39 is 24.4 Å². The molecule has 1 fully saturated rings. The number of benzene rings is 3. The van der Waals surface area contributed by atoms with Crippen molar-refractivity contribution in [2.45, 2.75) is 6.42 Å². The molecule has 4 rings (SSSR count). The van der Waals surface area contributed by atoms with Crippen LogP contribution in [0.2, 0.25) is 5.02 Å². The fourth-order valence-corrected chi connectivity index (χ4v) is 3.70. The summed E-state index contributed by atoms with van der Waals surface area (Å²) in [6.07, 6.45) is 0.0156. The third-order valence-electron chi connectivity index (χ3n) is 5.38. The molecule has 0 bridgehead atoms. The van der Waals surface area contributed by atoms with Crippen LogP contribution >= 0.6 is 11.6 Å². The van der Waals surface area contributed by atoms with E-state index in [4.69, 9.17) is 25.8 Å². The van der Waals surface area contributed by atoms with E-state index >= 15 is 0 Å². The molecule has 0 saturated carbocycles. The predicted octanol–water partition coefficient (Wildman–Crippen LogP) is 4.68. The molecule has 35 heavy (non-hydrogen) atoms. The highest BCUT2D eigenvalue weighted by Crippen LogP contribution is 2.29. The molecule has 3 aromatic carbocycles. The molecule has 0 radical (unpaired) electrons. The molecule has 0 aromatic heterocycles. The van der Waals surface area contributed by atoms with Crippen molar-refractivity contribution in [3.05, 3.63) is 77.8 Å². The van der Waals surface area contributed by atoms with E-state index in [0.29, 0.717) is 27.9 Å². The fraction of sp³-hybridized carbons (Fsp3) is 0.192. The molecule has 0 unspecified atom stereocenters. The first-order chi connectivity index (χ1) is 16.9. The molecular formula is C26H23ClN2O6. The monoisotopic (exact) mass is 494 g/mol. The van der Waals surface area contributed by atoms with Gasteiger partial charge in [-0.15, -0.1) is 0 Å². The zero-order valence-electron chi connectivity index (χ0n) is 18.9. The Bertz CT molecular complexity index is 1200. The Balaban J connectivity index is 1.28. The van der Waals surface area contributed by atoms with Crippen LogP contribution in [0.15, 0.2) is 72.8 Å². The van der Waals surface area contributed by atoms with E-state index in [1.165, 1.54) is 4.90 Å². The van der Waals surface area contributed by atoms with Gasteiger partial charge < -0.3 is 24.4 Å². The lowest BCUT2D eigenvalue weighted by atomic mass is 10.1. The maximum absolute atomic E-state index is 12.5. The second kappa shape index (κ2) is 10.9. The largest absolute Gasteiger partial charge is 0.497 e. The number of esters is 1. The number of carbonyl (C=O) groups is 3. The van der Waals surface area contributed by atoms with Crippen LogP contribution in [0.4, 0.5) is 11.4 Å². The Morgan fingerprint density at radius 2 is 1.54 bits per heavy atom. The molecule has 1 aliphatic rings. The van der Waals surface area contributed by atoms with Crippen molar-refractivity contribution in [2.75, 3.05) is 30.5 Å². The molecule has 180 valence electrons. The summed E-state index contributed by atoms with van der Waals surface area (Å²) in [4.78, 5) is 38.5. The minimum atomic E-state index is -0.652. The highest BCUT2D eigenvalue weighted by Gasteiger charge is 2.36. The van der Waals surface area contributed by atoms with Gasteiger partial charge >= 0.3 is 5.97 Å². The summed E-state index contributed by atoms with van der Waals surface area (Å²) in [7, 11) is 1.60. The number of nitrogens with zero attached hydrogens (tertiary/aromatic N) is 1. The molecule has 9 heteroatoms. The molecule has 0 aliphatic carbocycles. The highest BCUT2D eigenvalue weighted by atomic mass is 35.5. The number of halogens is 1. The Kier molecular flexibility index (Phi) is 7.52. The van der Waals surface area contributed by atoms with Crippen molar-refractivity contribution in [3.63, 3.8) is 0 Å². The van der Waals surface area contributed by atoms with Gasteiger partial charge in [0.1, 0.15) is 17.2 Å². The first-order valence-corrected chi connectivity index (χ1v) is 11.2. The van der Waals surface area contributed by atoms with Crippen molar-refractivity contribution < 1.29 is 28.6 Å². The van der Waals surface area contributed by atoms with Crippen LogP contribution in [0, 0.1) is 5.92 Å². The number of carbonyl (C=O) groups excluding carboxylic acids is 3. The standard InChI is InChI=1S/C26H23ClN2O6/c1-33-21-10-12-23(13-11-21)35-22-8-6-20(7-9-22)29-15-17(14-25(29)31)26(32)34-16-24(30)28-19-4-2-18(27)3-5-19/h2-13,17H,14-16H2,1H3,(H,28,30)/t17-/m1/s1. The van der Waals surface area contributed by atoms with E-state index in [-0.39, 0.29) is 18.9 Å². The second-order valence-corrected chi connectivity index (χ2v) is 8.28. The zero-order chi connectivity index (χ0) is 24.8. The van der Waals surface area contributed by atoms with Gasteiger partial charge in [-0.2, -0.15) is 0 Å². The summed E-state index contributed by atoms with van der Waals surface area (Å²) in [5.74, 6) is 0.0748. The van der Waals surface area contributed by atoms with E-state index in [0.717, 1.165) is 5.75 Å². The lowest BCUT2D eigenvalue weighted by Crippen LogP contribution is -2.28. The van der Waals surface area contributed by atoms with Crippen molar-refractivity contribution >= 4 is 40.8 Å². The van der Waals surface area contributed by atoms with Crippen LogP contribution in [0.3, 0.4) is 0 Å². The van der Waals surface area contributed by atoms with E-state index in [2.05, 4.69) is 5.32 Å². The lowest BCUT2D eigenvalue weighted by molar-refractivity contribution is -0.151. The van der Waals surface area contributed by atoms with Crippen LogP contribution in [-0.2, 0) is 19.1 Å². The van der Waals surface area contributed by atoms with E-state index in [1.807, 2.05) is 0 Å². The Morgan fingerprint density at radius 3 is 2.17 bits per heavy atom. The summed E-state index contributed by atoms with van der Waals surface area (Å²) in [5, 5.41) is 3.16. The first-order valence-electron chi connectivity index (χ1n) is 10.9. The van der Waals surface area contributed by atoms with Crippen LogP contribution < -0.4 is 19.7 Å². The molecule has 0 spiro atoms. The third kappa shape index (κ3) is 6.30. The zero-order valence-corrected chi connectivity index (χ0v) is 19.7. The Labute approximate surface area is 207 Å². The summed E-state index contributed by atoms with van der Waals surface area (Å²) >= 11 is 5.82. The third-order valence-corrected chi connectivity index (χ3v) is 5.63. The quantitative estimate of drug-likeness (QED) is 0.457. The molecule has 1 aliphatic heterocycles. The number of anilines is 2. The molecular weight excluding hydrogens is 472 g/mol. The van der Waals surface area contributed by atoms with Gasteiger partial charge in [0, 0.05) is 29.4 Å². The molecule has 1 saturated heterocycles. The van der Waals surface area contributed by atoms with Gasteiger partial charge in [0.2, 0.25) is 5.91 Å².